The lowest BCUT2D eigenvalue weighted by molar-refractivity contribution is -0.128. The maximum atomic E-state index is 15.9. The van der Waals surface area contributed by atoms with Gasteiger partial charge in [-0.2, -0.15) is 4.98 Å². The number of nitrogens with zero attached hydrogens (tertiary/aromatic N) is 6. The highest BCUT2D eigenvalue weighted by Crippen LogP contribution is 2.49. The molecule has 1 aliphatic heterocycles. The number of carbonyl (C=O) groups is 1. The molecule has 4 heterocycles. The first-order valence-electron chi connectivity index (χ1n) is 15.9. The zero-order valence-electron chi connectivity index (χ0n) is 27.5. The Labute approximate surface area is 277 Å². The molecule has 0 aromatic carbocycles. The zero-order chi connectivity index (χ0) is 34.9. The summed E-state index contributed by atoms with van der Waals surface area (Å²) >= 11 is 0. The van der Waals surface area contributed by atoms with Gasteiger partial charge < -0.3 is 14.9 Å². The first kappa shape index (κ1) is 34.6. The third-order valence-electron chi connectivity index (χ3n) is 9.16. The molecule has 9 nitrogen and oxygen atoms in total. The predicted octanol–water partition coefficient (Wildman–Crippen LogP) is 5.25. The summed E-state index contributed by atoms with van der Waals surface area (Å²) in [4.78, 5) is 43.9. The number of terminal acetylenes is 1. The Morgan fingerprint density at radius 3 is 2.58 bits per heavy atom. The van der Waals surface area contributed by atoms with Gasteiger partial charge in [-0.25, -0.2) is 27.5 Å². The number of aliphatic hydroxyl groups excluding tert-OH is 1. The summed E-state index contributed by atoms with van der Waals surface area (Å²) < 4.78 is 46.6. The van der Waals surface area contributed by atoms with Crippen LogP contribution in [0.15, 0.2) is 59.6 Å². The fraction of sp³-hybridized carbons (Fsp3) is 0.417. The molecule has 0 radical (unpaired) electrons. The molecule has 3 aromatic heterocycles. The van der Waals surface area contributed by atoms with Crippen molar-refractivity contribution in [3.8, 4) is 18.0 Å². The van der Waals surface area contributed by atoms with Crippen LogP contribution in [0.5, 0.6) is 0 Å². The minimum absolute atomic E-state index is 0.0109. The van der Waals surface area contributed by atoms with Gasteiger partial charge in [0.2, 0.25) is 5.91 Å². The number of hydrogen-bond acceptors (Lipinski definition) is 7. The van der Waals surface area contributed by atoms with Crippen LogP contribution in [0.25, 0.3) is 16.7 Å². The van der Waals surface area contributed by atoms with Crippen LogP contribution in [-0.2, 0) is 17.6 Å². The molecule has 1 N–H and O–H groups in total. The number of allylic oxidation sites excluding steroid dienone is 4. The van der Waals surface area contributed by atoms with Crippen molar-refractivity contribution in [1.29, 1.82) is 0 Å². The van der Waals surface area contributed by atoms with Crippen molar-refractivity contribution in [3.63, 3.8) is 0 Å². The molecule has 0 unspecified atom stereocenters. The number of anilines is 1. The molecule has 1 aliphatic carbocycles. The first-order valence-corrected chi connectivity index (χ1v) is 15.9. The summed E-state index contributed by atoms with van der Waals surface area (Å²) in [5.41, 5.74) is 0.186. The van der Waals surface area contributed by atoms with Gasteiger partial charge in [0, 0.05) is 44.4 Å². The van der Waals surface area contributed by atoms with Gasteiger partial charge in [0.25, 0.3) is 0 Å². The third-order valence-corrected chi connectivity index (χ3v) is 9.16. The first-order chi connectivity index (χ1) is 22.8. The maximum Gasteiger partial charge on any atom is 0.355 e. The number of fused-ring (bicyclic) bond motifs is 1. The van der Waals surface area contributed by atoms with Gasteiger partial charge in [-0.3, -0.25) is 9.78 Å². The fourth-order valence-corrected chi connectivity index (χ4v) is 6.28. The van der Waals surface area contributed by atoms with E-state index in [9.17, 15) is 23.5 Å². The maximum absolute atomic E-state index is 15.9. The van der Waals surface area contributed by atoms with Gasteiger partial charge >= 0.3 is 5.69 Å². The molecule has 48 heavy (non-hydrogen) atoms. The van der Waals surface area contributed by atoms with Crippen molar-refractivity contribution >= 4 is 22.8 Å². The van der Waals surface area contributed by atoms with Crippen LogP contribution in [0, 0.1) is 23.6 Å². The Hall–Kier alpha value is -4.76. The van der Waals surface area contributed by atoms with E-state index in [1.807, 2.05) is 32.6 Å². The Bertz CT molecular complexity index is 1920. The molecule has 12 heteroatoms. The van der Waals surface area contributed by atoms with E-state index in [2.05, 4.69) is 27.5 Å². The summed E-state index contributed by atoms with van der Waals surface area (Å²) in [6.07, 6.45) is 11.0. The minimum Gasteiger partial charge on any atom is -0.396 e. The van der Waals surface area contributed by atoms with E-state index in [1.54, 1.807) is 17.2 Å². The van der Waals surface area contributed by atoms with Crippen molar-refractivity contribution in [1.82, 2.24) is 24.4 Å². The molecule has 1 saturated heterocycles. The molecule has 3 aromatic rings. The molecular weight excluding hydrogens is 621 g/mol. The number of rotatable bonds is 10. The largest absolute Gasteiger partial charge is 0.396 e. The van der Waals surface area contributed by atoms with Crippen molar-refractivity contribution in [3.05, 3.63) is 88.0 Å². The monoisotopic (exact) mass is 660 g/mol. The van der Waals surface area contributed by atoms with Crippen molar-refractivity contribution < 1.29 is 23.1 Å². The molecule has 2 fully saturated rings. The van der Waals surface area contributed by atoms with Crippen LogP contribution in [0.2, 0.25) is 0 Å². The second-order valence-corrected chi connectivity index (χ2v) is 13.0. The van der Waals surface area contributed by atoms with Crippen molar-refractivity contribution in [2.45, 2.75) is 71.4 Å². The van der Waals surface area contributed by atoms with E-state index in [0.717, 1.165) is 36.6 Å². The third kappa shape index (κ3) is 6.65. The zero-order valence-corrected chi connectivity index (χ0v) is 27.5. The topological polar surface area (TPSA) is 104 Å². The highest BCUT2D eigenvalue weighted by atomic mass is 19.2. The number of hydrogen-bond donors (Lipinski definition) is 1. The van der Waals surface area contributed by atoms with Crippen molar-refractivity contribution in [2.24, 2.45) is 5.41 Å². The second kappa shape index (κ2) is 13.8. The lowest BCUT2D eigenvalue weighted by Crippen LogP contribution is -2.58. The van der Waals surface area contributed by atoms with Crippen LogP contribution >= 0.6 is 0 Å². The Morgan fingerprint density at radius 1 is 1.23 bits per heavy atom. The molecule has 252 valence electrons. The molecule has 2 atom stereocenters. The van der Waals surface area contributed by atoms with Crippen molar-refractivity contribution in [2.75, 3.05) is 24.6 Å². The molecule has 0 spiro atoms. The number of pyridine rings is 2. The molecule has 0 bridgehead atoms. The minimum atomic E-state index is -1.29. The fourth-order valence-electron chi connectivity index (χ4n) is 6.28. The smallest absolute Gasteiger partial charge is 0.355 e. The summed E-state index contributed by atoms with van der Waals surface area (Å²) in [5.74, 6) is -1.66. The average molecular weight is 661 g/mol. The number of halogens is 3. The summed E-state index contributed by atoms with van der Waals surface area (Å²) in [5, 5.41) is 10.3. The highest BCUT2D eigenvalue weighted by molar-refractivity contribution is 5.90. The van der Waals surface area contributed by atoms with Gasteiger partial charge in [-0.1, -0.05) is 26.3 Å². The van der Waals surface area contributed by atoms with Crippen LogP contribution in [0.3, 0.4) is 0 Å². The number of aliphatic hydroxyl groups is 1. The van der Waals surface area contributed by atoms with Gasteiger partial charge in [0.05, 0.1) is 22.5 Å². The molecular formula is C36H39F3N6O3. The van der Waals surface area contributed by atoms with E-state index in [4.69, 9.17) is 6.42 Å². The van der Waals surface area contributed by atoms with Gasteiger partial charge in [0.1, 0.15) is 17.5 Å². The quantitative estimate of drug-likeness (QED) is 0.180. The van der Waals surface area contributed by atoms with E-state index in [-0.39, 0.29) is 59.3 Å². The average Bonchev–Trinajstić information content (AvgIpc) is 3.84. The lowest BCUT2D eigenvalue weighted by atomic mass is 9.94. The van der Waals surface area contributed by atoms with E-state index in [1.165, 1.54) is 10.6 Å². The summed E-state index contributed by atoms with van der Waals surface area (Å²) in [6.45, 7) is 11.7. The van der Waals surface area contributed by atoms with Gasteiger partial charge in [-0.15, -0.1) is 6.42 Å². The van der Waals surface area contributed by atoms with E-state index >= 15 is 4.39 Å². The Morgan fingerprint density at radius 2 is 1.96 bits per heavy atom. The van der Waals surface area contributed by atoms with E-state index in [0.29, 0.717) is 24.3 Å². The Balaban J connectivity index is 1.79. The molecule has 2 aliphatic rings. The van der Waals surface area contributed by atoms with Crippen LogP contribution in [0.4, 0.5) is 19.0 Å². The van der Waals surface area contributed by atoms with Gasteiger partial charge in [0.15, 0.2) is 11.5 Å². The molecule has 1 saturated carbocycles. The van der Waals surface area contributed by atoms with Gasteiger partial charge in [-0.05, 0) is 80.4 Å². The normalized spacial score (nSPS) is 19.5. The molecule has 5 rings (SSSR count). The Kier molecular flexibility index (Phi) is 9.91. The van der Waals surface area contributed by atoms with Crippen LogP contribution < -0.4 is 10.6 Å². The highest BCUT2D eigenvalue weighted by Gasteiger charge is 2.43. The predicted molar refractivity (Wildman–Crippen MR) is 179 cm³/mol. The SMILES string of the molecule is C#C/C=C\C(F)=C(\F)Cc1nc2c(cc1F)c(N1C[C@@H](C)N(C(=O)C=C)C[C@@H]1C)nc(=O)n2-c1c(CC2(CO)CC2)ccnc1C(C)C. The summed E-state index contributed by atoms with van der Waals surface area (Å²) in [6, 6.07) is 2.28. The molecule has 1 amide bonds. The standard InChI is InChI=1S/C36H39F3N6O3/c1-7-9-10-26(37)27(38)16-29-28(39)15-25-33(44-19-22(5)43(18-23(44)6)30(47)8-2)42-35(48)45(34(25)41-29)32-24(17-36(20-46)12-13-36)11-14-40-31(32)21(3)4/h1,8-11,14-15,21-23,46H,2,12-13,16-20H2,3-6H3/b10-9-,27-26-/t22-,23+/m1/s1. The number of aromatic nitrogens is 4. The summed E-state index contributed by atoms with van der Waals surface area (Å²) in [7, 11) is 0. The second-order valence-electron chi connectivity index (χ2n) is 13.0. The number of amides is 1. The lowest BCUT2D eigenvalue weighted by Gasteiger charge is -2.44. The number of carbonyl (C=O) groups excluding carboxylic acids is 1. The van der Waals surface area contributed by atoms with Crippen LogP contribution in [-0.4, -0.2) is 67.2 Å². The number of piperazine rings is 1. The van der Waals surface area contributed by atoms with E-state index < -0.39 is 35.3 Å². The van der Waals surface area contributed by atoms with Crippen LogP contribution in [0.1, 0.15) is 63.4 Å².